The molecule has 0 saturated carbocycles. The number of carbonyl (C=O) groups is 1. The first kappa shape index (κ1) is 20.0. The number of alkyl halides is 3. The lowest BCUT2D eigenvalue weighted by atomic mass is 9.86. The van der Waals surface area contributed by atoms with Gasteiger partial charge in [0, 0.05) is 25.7 Å². The van der Waals surface area contributed by atoms with Crippen LogP contribution < -0.4 is 0 Å². The Labute approximate surface area is 168 Å². The van der Waals surface area contributed by atoms with Crippen LogP contribution in [0.3, 0.4) is 0 Å². The van der Waals surface area contributed by atoms with Crippen LogP contribution in [0.15, 0.2) is 35.1 Å². The number of carbonyl (C=O) groups excluding carboxylic acids is 1. The summed E-state index contributed by atoms with van der Waals surface area (Å²) in [5.74, 6) is -0.922. The van der Waals surface area contributed by atoms with Gasteiger partial charge in [0.25, 0.3) is 0 Å². The first-order valence-electron chi connectivity index (χ1n) is 9.34. The summed E-state index contributed by atoms with van der Waals surface area (Å²) in [5, 5.41) is 13.7. The second-order valence-electron chi connectivity index (χ2n) is 7.10. The van der Waals surface area contributed by atoms with Crippen LogP contribution in [0, 0.1) is 0 Å². The molecule has 0 spiro atoms. The molecule has 1 atom stereocenters. The molecule has 1 unspecified atom stereocenters. The molecule has 30 heavy (non-hydrogen) atoms. The number of aryl methyl sites for hydroxylation is 1. The Kier molecular flexibility index (Phi) is 5.22. The number of nitrogens with one attached hydrogen (secondary N) is 1. The number of likely N-dealkylation sites (tertiary alicyclic amines) is 1. The van der Waals surface area contributed by atoms with Crippen LogP contribution in [0.2, 0.25) is 0 Å². The third kappa shape index (κ3) is 3.76. The fourth-order valence-electron chi connectivity index (χ4n) is 3.49. The highest BCUT2D eigenvalue weighted by Gasteiger charge is 2.63. The van der Waals surface area contributed by atoms with Crippen molar-refractivity contribution < 1.29 is 22.5 Å². The van der Waals surface area contributed by atoms with Crippen molar-refractivity contribution in [1.29, 1.82) is 0 Å². The third-order valence-corrected chi connectivity index (χ3v) is 5.18. The Morgan fingerprint density at radius 2 is 2.20 bits per heavy atom. The number of aromatic amines is 1. The van der Waals surface area contributed by atoms with Crippen LogP contribution in [0.5, 0.6) is 0 Å². The molecule has 4 heterocycles. The molecule has 9 nitrogen and oxygen atoms in total. The van der Waals surface area contributed by atoms with E-state index in [-0.39, 0.29) is 31.1 Å². The molecular weight excluding hydrogens is 403 g/mol. The highest BCUT2D eigenvalue weighted by Crippen LogP contribution is 2.47. The summed E-state index contributed by atoms with van der Waals surface area (Å²) in [6.07, 6.45) is -0.873. The molecule has 158 valence electrons. The predicted molar refractivity (Wildman–Crippen MR) is 95.8 cm³/mol. The number of hydrogen-bond acceptors (Lipinski definition) is 7. The van der Waals surface area contributed by atoms with E-state index in [0.717, 1.165) is 0 Å². The number of rotatable bonds is 6. The Morgan fingerprint density at radius 3 is 2.90 bits per heavy atom. The van der Waals surface area contributed by atoms with Gasteiger partial charge in [-0.1, -0.05) is 11.2 Å². The zero-order chi connectivity index (χ0) is 21.2. The number of H-pyrrole nitrogens is 1. The van der Waals surface area contributed by atoms with Crippen molar-refractivity contribution >= 4 is 5.91 Å². The second-order valence-corrected chi connectivity index (χ2v) is 7.10. The Balaban J connectivity index is 1.48. The van der Waals surface area contributed by atoms with Crippen molar-refractivity contribution in [1.82, 2.24) is 35.4 Å². The van der Waals surface area contributed by atoms with Gasteiger partial charge in [-0.3, -0.25) is 9.78 Å². The van der Waals surface area contributed by atoms with Crippen molar-refractivity contribution in [3.8, 4) is 11.5 Å². The largest absolute Gasteiger partial charge is 0.405 e. The summed E-state index contributed by atoms with van der Waals surface area (Å²) in [7, 11) is 0. The summed E-state index contributed by atoms with van der Waals surface area (Å²) in [6.45, 7) is -0.591. The first-order chi connectivity index (χ1) is 14.4. The molecule has 0 aromatic carbocycles. The topological polar surface area (TPSA) is 114 Å². The van der Waals surface area contributed by atoms with Gasteiger partial charge in [0.15, 0.2) is 5.41 Å². The van der Waals surface area contributed by atoms with Gasteiger partial charge >= 0.3 is 6.18 Å². The van der Waals surface area contributed by atoms with E-state index in [1.54, 1.807) is 24.4 Å². The molecule has 3 aromatic rings. The van der Waals surface area contributed by atoms with Crippen molar-refractivity contribution in [2.45, 2.75) is 37.3 Å². The molecular formula is C18H18F3N7O2. The number of amides is 1. The van der Waals surface area contributed by atoms with Crippen LogP contribution in [0.4, 0.5) is 13.2 Å². The standard InChI is InChI=1S/C18H18F3N7O2/c19-18(20,21)17(16-24-15(26-30-16)13-5-1-2-8-22-13)7-9-28(11-17)14(29)6-3-4-12-10-23-27-25-12/h1-2,5,8,10H,3-4,6-7,9,11H2,(H,23,25,27). The van der Waals surface area contributed by atoms with Crippen molar-refractivity contribution in [3.63, 3.8) is 0 Å². The maximum absolute atomic E-state index is 14.1. The van der Waals surface area contributed by atoms with E-state index in [0.29, 0.717) is 24.2 Å². The Hall–Kier alpha value is -3.31. The van der Waals surface area contributed by atoms with Gasteiger partial charge in [-0.25, -0.2) is 0 Å². The fraction of sp³-hybridized carbons (Fsp3) is 0.444. The lowest BCUT2D eigenvalue weighted by Gasteiger charge is -2.28. The van der Waals surface area contributed by atoms with Crippen molar-refractivity contribution in [2.75, 3.05) is 13.1 Å². The van der Waals surface area contributed by atoms with E-state index in [1.165, 1.54) is 11.1 Å². The lowest BCUT2D eigenvalue weighted by Crippen LogP contribution is -2.46. The lowest BCUT2D eigenvalue weighted by molar-refractivity contribution is -0.193. The van der Waals surface area contributed by atoms with Crippen LogP contribution in [-0.4, -0.2) is 60.6 Å². The predicted octanol–water partition coefficient (Wildman–Crippen LogP) is 2.31. The smallest absolute Gasteiger partial charge is 0.341 e. The quantitative estimate of drug-likeness (QED) is 0.650. The van der Waals surface area contributed by atoms with Crippen LogP contribution in [0.25, 0.3) is 11.5 Å². The van der Waals surface area contributed by atoms with E-state index in [2.05, 4.69) is 30.5 Å². The fourth-order valence-corrected chi connectivity index (χ4v) is 3.49. The Morgan fingerprint density at radius 1 is 1.33 bits per heavy atom. The minimum atomic E-state index is -4.66. The zero-order valence-electron chi connectivity index (χ0n) is 15.8. The van der Waals surface area contributed by atoms with E-state index in [4.69, 9.17) is 4.52 Å². The molecule has 1 fully saturated rings. The van der Waals surface area contributed by atoms with Crippen LogP contribution in [0.1, 0.15) is 30.8 Å². The van der Waals surface area contributed by atoms with Gasteiger partial charge in [-0.2, -0.15) is 33.6 Å². The van der Waals surface area contributed by atoms with Gasteiger partial charge in [-0.05, 0) is 31.4 Å². The molecule has 1 saturated heterocycles. The van der Waals surface area contributed by atoms with Gasteiger partial charge in [-0.15, -0.1) is 0 Å². The molecule has 0 aliphatic carbocycles. The molecule has 4 rings (SSSR count). The van der Waals surface area contributed by atoms with Crippen LogP contribution >= 0.6 is 0 Å². The summed E-state index contributed by atoms with van der Waals surface area (Å²) in [5.41, 5.74) is -1.39. The number of halogens is 3. The number of nitrogens with zero attached hydrogens (tertiary/aromatic N) is 6. The zero-order valence-corrected chi connectivity index (χ0v) is 15.8. The second kappa shape index (κ2) is 7.84. The first-order valence-corrected chi connectivity index (χ1v) is 9.34. The molecule has 1 amide bonds. The molecule has 1 aliphatic heterocycles. The van der Waals surface area contributed by atoms with Crippen molar-refractivity contribution in [3.05, 3.63) is 42.2 Å². The number of hydrogen-bond donors (Lipinski definition) is 1. The Bertz CT molecular complexity index is 991. The van der Waals surface area contributed by atoms with Gasteiger partial charge in [0.1, 0.15) is 5.69 Å². The third-order valence-electron chi connectivity index (χ3n) is 5.18. The highest BCUT2D eigenvalue weighted by molar-refractivity contribution is 5.76. The number of pyridine rings is 1. The molecule has 1 aliphatic rings. The molecule has 3 aromatic heterocycles. The summed E-state index contributed by atoms with van der Waals surface area (Å²) in [4.78, 5) is 21.7. The normalized spacial score (nSPS) is 19.4. The van der Waals surface area contributed by atoms with Gasteiger partial charge in [0.05, 0.1) is 11.9 Å². The molecule has 1 N–H and O–H groups in total. The average Bonchev–Trinajstić information content (AvgIpc) is 3.48. The summed E-state index contributed by atoms with van der Waals surface area (Å²) < 4.78 is 47.3. The maximum Gasteiger partial charge on any atom is 0.405 e. The van der Waals surface area contributed by atoms with E-state index in [9.17, 15) is 18.0 Å². The maximum atomic E-state index is 14.1. The number of aromatic nitrogens is 6. The average molecular weight is 421 g/mol. The molecule has 0 bridgehead atoms. The van der Waals surface area contributed by atoms with E-state index < -0.39 is 24.0 Å². The summed E-state index contributed by atoms with van der Waals surface area (Å²) in [6, 6.07) is 4.92. The van der Waals surface area contributed by atoms with Crippen LogP contribution in [-0.2, 0) is 16.6 Å². The minimum Gasteiger partial charge on any atom is -0.341 e. The van der Waals surface area contributed by atoms with E-state index in [1.807, 2.05) is 0 Å². The van der Waals surface area contributed by atoms with Crippen molar-refractivity contribution in [2.24, 2.45) is 0 Å². The monoisotopic (exact) mass is 421 g/mol. The van der Waals surface area contributed by atoms with E-state index >= 15 is 0 Å². The highest BCUT2D eigenvalue weighted by atomic mass is 19.4. The molecule has 12 heteroatoms. The summed E-state index contributed by atoms with van der Waals surface area (Å²) >= 11 is 0. The van der Waals surface area contributed by atoms with Gasteiger partial charge < -0.3 is 9.42 Å². The van der Waals surface area contributed by atoms with Gasteiger partial charge in [0.2, 0.25) is 17.6 Å². The SMILES string of the molecule is O=C(CCCc1cn[nH]n1)N1CCC(c2nc(-c3ccccn3)no2)(C(F)(F)F)C1. The minimum absolute atomic E-state index is 0.0217. The molecule has 0 radical (unpaired) electrons.